The van der Waals surface area contributed by atoms with Gasteiger partial charge in [0, 0.05) is 6.42 Å². The fourth-order valence-electron chi connectivity index (χ4n) is 1.30. The van der Waals surface area contributed by atoms with Crippen molar-refractivity contribution in [1.29, 1.82) is 0 Å². The molecule has 0 unspecified atom stereocenters. The van der Waals surface area contributed by atoms with Crippen molar-refractivity contribution in [2.24, 2.45) is 0 Å². The lowest BCUT2D eigenvalue weighted by atomic mass is 10.1. The lowest BCUT2D eigenvalue weighted by molar-refractivity contribution is -0.133. The van der Waals surface area contributed by atoms with Crippen molar-refractivity contribution in [1.82, 2.24) is 15.2 Å². The van der Waals surface area contributed by atoms with Gasteiger partial charge < -0.3 is 5.11 Å². The van der Waals surface area contributed by atoms with Crippen LogP contribution < -0.4 is 0 Å². The second-order valence-corrected chi connectivity index (χ2v) is 4.50. The summed E-state index contributed by atoms with van der Waals surface area (Å²) < 4.78 is 0. The summed E-state index contributed by atoms with van der Waals surface area (Å²) in [6.07, 6.45) is 5.66. The molecule has 1 heterocycles. The topological polar surface area (TPSA) is 78.9 Å². The number of aliphatic carboxylic acids is 1. The summed E-state index contributed by atoms with van der Waals surface area (Å²) in [5.74, 6) is 0.0101. The maximum absolute atomic E-state index is 10.3. The third-order valence-electron chi connectivity index (χ3n) is 2.10. The molecular weight excluding hydrogens is 226 g/mol. The van der Waals surface area contributed by atoms with Crippen LogP contribution in [0.2, 0.25) is 0 Å². The first kappa shape index (κ1) is 13.0. The Morgan fingerprint density at radius 2 is 2.25 bits per heavy atom. The van der Waals surface area contributed by atoms with E-state index in [1.165, 1.54) is 19.3 Å². The first-order valence-electron chi connectivity index (χ1n) is 5.48. The molecule has 1 aromatic rings. The smallest absolute Gasteiger partial charge is 0.313 e. The van der Waals surface area contributed by atoms with E-state index in [-0.39, 0.29) is 5.75 Å². The number of aromatic amines is 1. The van der Waals surface area contributed by atoms with E-state index in [9.17, 15) is 4.79 Å². The van der Waals surface area contributed by atoms with Crippen LogP contribution in [0.25, 0.3) is 0 Å². The summed E-state index contributed by atoms with van der Waals surface area (Å²) in [7, 11) is 0. The first-order chi connectivity index (χ1) is 7.72. The molecule has 0 radical (unpaired) electrons. The number of rotatable bonds is 8. The first-order valence-corrected chi connectivity index (χ1v) is 6.46. The zero-order valence-electron chi connectivity index (χ0n) is 9.40. The Morgan fingerprint density at radius 3 is 2.94 bits per heavy atom. The molecule has 0 bridgehead atoms. The summed E-state index contributed by atoms with van der Waals surface area (Å²) in [6, 6.07) is 0. The summed E-state index contributed by atoms with van der Waals surface area (Å²) in [4.78, 5) is 14.5. The van der Waals surface area contributed by atoms with E-state index in [0.717, 1.165) is 30.4 Å². The van der Waals surface area contributed by atoms with Crippen LogP contribution in [-0.4, -0.2) is 32.0 Å². The Hall–Kier alpha value is -1.04. The number of unbranched alkanes of at least 4 members (excludes halogenated alkanes) is 3. The fourth-order valence-corrected chi connectivity index (χ4v) is 1.84. The molecule has 0 aliphatic carbocycles. The van der Waals surface area contributed by atoms with E-state index < -0.39 is 5.97 Å². The Balaban J connectivity index is 2.25. The van der Waals surface area contributed by atoms with Gasteiger partial charge in [-0.3, -0.25) is 9.89 Å². The van der Waals surface area contributed by atoms with Crippen LogP contribution in [0, 0.1) is 0 Å². The number of hydrogen-bond donors (Lipinski definition) is 2. The molecule has 2 N–H and O–H groups in total. The van der Waals surface area contributed by atoms with Gasteiger partial charge in [-0.15, -0.1) is 5.10 Å². The van der Waals surface area contributed by atoms with Crippen molar-refractivity contribution in [3.63, 3.8) is 0 Å². The molecule has 0 aliphatic rings. The van der Waals surface area contributed by atoms with E-state index in [0.29, 0.717) is 5.16 Å². The molecule has 0 amide bonds. The fraction of sp³-hybridized carbons (Fsp3) is 0.700. The Labute approximate surface area is 99.0 Å². The molecule has 0 aromatic carbocycles. The predicted octanol–water partition coefficient (Wildman–Crippen LogP) is 2.10. The van der Waals surface area contributed by atoms with Crippen LogP contribution in [0.15, 0.2) is 5.16 Å². The summed E-state index contributed by atoms with van der Waals surface area (Å²) >= 11 is 1.14. The molecule has 0 atom stereocenters. The number of thioether (sulfide) groups is 1. The van der Waals surface area contributed by atoms with Crippen LogP contribution in [0.5, 0.6) is 0 Å². The van der Waals surface area contributed by atoms with Gasteiger partial charge in [0.25, 0.3) is 0 Å². The quantitative estimate of drug-likeness (QED) is 0.540. The molecule has 5 nitrogen and oxygen atoms in total. The molecule has 1 rings (SSSR count). The maximum atomic E-state index is 10.3. The maximum Gasteiger partial charge on any atom is 0.313 e. The molecule has 0 aliphatic heterocycles. The zero-order chi connectivity index (χ0) is 11.8. The minimum atomic E-state index is -0.848. The van der Waals surface area contributed by atoms with E-state index >= 15 is 0 Å². The van der Waals surface area contributed by atoms with Crippen molar-refractivity contribution >= 4 is 17.7 Å². The number of nitrogens with zero attached hydrogens (tertiary/aromatic N) is 2. The lowest BCUT2D eigenvalue weighted by Gasteiger charge is -1.95. The lowest BCUT2D eigenvalue weighted by Crippen LogP contribution is -1.97. The van der Waals surface area contributed by atoms with Gasteiger partial charge >= 0.3 is 5.97 Å². The van der Waals surface area contributed by atoms with Gasteiger partial charge in [0.1, 0.15) is 5.82 Å². The standard InChI is InChI=1S/C10H17N3O2S/c1-2-3-4-5-6-8-11-10(13-12-8)16-7-9(14)15/h2-7H2,1H3,(H,14,15)(H,11,12,13). The van der Waals surface area contributed by atoms with E-state index in [2.05, 4.69) is 22.1 Å². The van der Waals surface area contributed by atoms with Crippen LogP contribution in [0.4, 0.5) is 0 Å². The van der Waals surface area contributed by atoms with Crippen molar-refractivity contribution in [2.45, 2.75) is 44.2 Å². The average Bonchev–Trinajstić information content (AvgIpc) is 2.70. The molecule has 90 valence electrons. The second kappa shape index (κ2) is 7.27. The van der Waals surface area contributed by atoms with Gasteiger partial charge in [0.05, 0.1) is 5.75 Å². The highest BCUT2D eigenvalue weighted by molar-refractivity contribution is 7.99. The van der Waals surface area contributed by atoms with Crippen LogP contribution in [0.3, 0.4) is 0 Å². The van der Waals surface area contributed by atoms with Crippen molar-refractivity contribution in [2.75, 3.05) is 5.75 Å². The van der Waals surface area contributed by atoms with Gasteiger partial charge in [0.15, 0.2) is 0 Å². The van der Waals surface area contributed by atoms with Crippen molar-refractivity contribution in [3.8, 4) is 0 Å². The molecule has 1 aromatic heterocycles. The number of aryl methyl sites for hydroxylation is 1. The minimum absolute atomic E-state index is 0.00707. The van der Waals surface area contributed by atoms with Gasteiger partial charge in [-0.25, -0.2) is 4.98 Å². The molecule has 0 fully saturated rings. The molecule has 0 spiro atoms. The van der Waals surface area contributed by atoms with Gasteiger partial charge in [-0.1, -0.05) is 37.9 Å². The summed E-state index contributed by atoms with van der Waals surface area (Å²) in [6.45, 7) is 2.18. The van der Waals surface area contributed by atoms with E-state index in [1.54, 1.807) is 0 Å². The molecule has 0 saturated heterocycles. The van der Waals surface area contributed by atoms with Gasteiger partial charge in [0.2, 0.25) is 5.16 Å². The monoisotopic (exact) mass is 243 g/mol. The van der Waals surface area contributed by atoms with E-state index in [4.69, 9.17) is 5.11 Å². The minimum Gasteiger partial charge on any atom is -0.481 e. The Morgan fingerprint density at radius 1 is 1.44 bits per heavy atom. The highest BCUT2D eigenvalue weighted by atomic mass is 32.2. The number of aromatic nitrogens is 3. The highest BCUT2D eigenvalue weighted by Crippen LogP contribution is 2.12. The third kappa shape index (κ3) is 5.16. The highest BCUT2D eigenvalue weighted by Gasteiger charge is 2.05. The molecular formula is C10H17N3O2S. The summed E-state index contributed by atoms with van der Waals surface area (Å²) in [5, 5.41) is 15.8. The predicted molar refractivity (Wildman–Crippen MR) is 62.6 cm³/mol. The van der Waals surface area contributed by atoms with E-state index in [1.807, 2.05) is 0 Å². The number of hydrogen-bond acceptors (Lipinski definition) is 4. The van der Waals surface area contributed by atoms with Crippen LogP contribution >= 0.6 is 11.8 Å². The third-order valence-corrected chi connectivity index (χ3v) is 2.94. The van der Waals surface area contributed by atoms with Gasteiger partial charge in [-0.2, -0.15) is 0 Å². The van der Waals surface area contributed by atoms with Crippen molar-refractivity contribution < 1.29 is 9.90 Å². The number of carboxylic acid groups (broad SMARTS) is 1. The Kier molecular flexibility index (Phi) is 5.92. The molecule has 6 heteroatoms. The van der Waals surface area contributed by atoms with Crippen LogP contribution in [-0.2, 0) is 11.2 Å². The largest absolute Gasteiger partial charge is 0.481 e. The number of carboxylic acids is 1. The molecule has 16 heavy (non-hydrogen) atoms. The number of H-pyrrole nitrogens is 1. The number of nitrogens with one attached hydrogen (secondary N) is 1. The van der Waals surface area contributed by atoms with Crippen LogP contribution in [0.1, 0.15) is 38.4 Å². The second-order valence-electron chi connectivity index (χ2n) is 3.56. The average molecular weight is 243 g/mol. The normalized spacial score (nSPS) is 10.6. The zero-order valence-corrected chi connectivity index (χ0v) is 10.2. The van der Waals surface area contributed by atoms with Gasteiger partial charge in [-0.05, 0) is 6.42 Å². The summed E-state index contributed by atoms with van der Waals surface area (Å²) in [5.41, 5.74) is 0. The van der Waals surface area contributed by atoms with Crippen molar-refractivity contribution in [3.05, 3.63) is 5.82 Å². The SMILES string of the molecule is CCCCCCc1nc(SCC(=O)O)n[nH]1. The molecule has 0 saturated carbocycles. The number of carbonyl (C=O) groups is 1. The Bertz CT molecular complexity index is 328.